The van der Waals surface area contributed by atoms with Crippen molar-refractivity contribution in [2.45, 2.75) is 6.92 Å². The van der Waals surface area contributed by atoms with E-state index in [1.165, 1.54) is 5.56 Å². The van der Waals surface area contributed by atoms with E-state index in [-0.39, 0.29) is 0 Å². The maximum atomic E-state index is 5.88. The highest BCUT2D eigenvalue weighted by Crippen LogP contribution is 2.21. The van der Waals surface area contributed by atoms with Gasteiger partial charge in [-0.15, -0.1) is 0 Å². The van der Waals surface area contributed by atoms with Crippen molar-refractivity contribution in [3.05, 3.63) is 65.2 Å². The van der Waals surface area contributed by atoms with Crippen molar-refractivity contribution in [2.75, 3.05) is 0 Å². The zero-order valence-electron chi connectivity index (χ0n) is 10.1. The first-order valence-electron chi connectivity index (χ1n) is 5.83. The van der Waals surface area contributed by atoms with Gasteiger partial charge in [-0.2, -0.15) is 0 Å². The van der Waals surface area contributed by atoms with Crippen LogP contribution in [0.15, 0.2) is 58.5 Å². The summed E-state index contributed by atoms with van der Waals surface area (Å²) in [6.07, 6.45) is 0. The van der Waals surface area contributed by atoms with Crippen molar-refractivity contribution in [1.82, 2.24) is 0 Å². The molecule has 2 aromatic rings. The van der Waals surface area contributed by atoms with Gasteiger partial charge in [0.25, 0.3) is 0 Å². The van der Waals surface area contributed by atoms with Crippen LogP contribution < -0.4 is 5.73 Å². The van der Waals surface area contributed by atoms with E-state index in [1.807, 2.05) is 48.5 Å². The molecule has 0 amide bonds. The van der Waals surface area contributed by atoms with Gasteiger partial charge in [0.15, 0.2) is 5.84 Å². The van der Waals surface area contributed by atoms with E-state index in [0.717, 1.165) is 16.8 Å². The molecule has 0 unspecified atom stereocenters. The fourth-order valence-electron chi connectivity index (χ4n) is 1.96. The van der Waals surface area contributed by atoms with E-state index in [2.05, 4.69) is 16.9 Å². The normalized spacial score (nSPS) is 15.6. The summed E-state index contributed by atoms with van der Waals surface area (Å²) < 4.78 is 0. The van der Waals surface area contributed by atoms with Crippen molar-refractivity contribution >= 4 is 17.4 Å². The summed E-state index contributed by atoms with van der Waals surface area (Å²) >= 11 is 0. The molecule has 88 valence electrons. The van der Waals surface area contributed by atoms with Crippen molar-refractivity contribution < 1.29 is 0 Å². The maximum absolute atomic E-state index is 5.88. The van der Waals surface area contributed by atoms with E-state index in [4.69, 9.17) is 5.73 Å². The Morgan fingerprint density at radius 3 is 2.33 bits per heavy atom. The summed E-state index contributed by atoms with van der Waals surface area (Å²) in [6.45, 7) is 2.05. The molecule has 1 heterocycles. The fourth-order valence-corrected chi connectivity index (χ4v) is 1.96. The van der Waals surface area contributed by atoms with Crippen LogP contribution in [0.5, 0.6) is 0 Å². The number of benzene rings is 2. The lowest BCUT2D eigenvalue weighted by Gasteiger charge is -1.99. The standard InChI is InChI=1S/C15H13N3/c1-10-6-8-11(9-7-10)17-15-13-5-3-2-4-12(13)14(16)18-15/h2-9H,1H3,(H2,16,17,18). The molecule has 0 saturated carbocycles. The third-order valence-electron chi connectivity index (χ3n) is 2.94. The zero-order chi connectivity index (χ0) is 12.5. The van der Waals surface area contributed by atoms with Crippen LogP contribution in [0.4, 0.5) is 5.69 Å². The third-order valence-corrected chi connectivity index (χ3v) is 2.94. The Labute approximate surface area is 106 Å². The lowest BCUT2D eigenvalue weighted by molar-refractivity contribution is 1.42. The highest BCUT2D eigenvalue weighted by Gasteiger charge is 2.18. The van der Waals surface area contributed by atoms with Gasteiger partial charge in [-0.05, 0) is 19.1 Å². The van der Waals surface area contributed by atoms with E-state index >= 15 is 0 Å². The predicted octanol–water partition coefficient (Wildman–Crippen LogP) is 2.79. The lowest BCUT2D eigenvalue weighted by atomic mass is 10.1. The van der Waals surface area contributed by atoms with Gasteiger partial charge >= 0.3 is 0 Å². The highest BCUT2D eigenvalue weighted by molar-refractivity contribution is 6.22. The van der Waals surface area contributed by atoms with Crippen LogP contribution in [-0.4, -0.2) is 11.7 Å². The zero-order valence-corrected chi connectivity index (χ0v) is 10.1. The van der Waals surface area contributed by atoms with Crippen molar-refractivity contribution in [3.63, 3.8) is 0 Å². The number of aryl methyl sites for hydroxylation is 1. The molecule has 0 atom stereocenters. The van der Waals surface area contributed by atoms with Gasteiger partial charge in [0.2, 0.25) is 0 Å². The van der Waals surface area contributed by atoms with Crippen LogP contribution in [0, 0.1) is 6.92 Å². The Morgan fingerprint density at radius 2 is 1.61 bits per heavy atom. The van der Waals surface area contributed by atoms with Crippen LogP contribution >= 0.6 is 0 Å². The van der Waals surface area contributed by atoms with Crippen molar-refractivity contribution in [3.8, 4) is 0 Å². The Bertz CT molecular complexity index is 652. The molecule has 0 aliphatic carbocycles. The first-order chi connectivity index (χ1) is 8.74. The van der Waals surface area contributed by atoms with Crippen LogP contribution in [0.25, 0.3) is 0 Å². The number of nitrogens with two attached hydrogens (primary N) is 1. The molecule has 1 aliphatic rings. The van der Waals surface area contributed by atoms with E-state index in [1.54, 1.807) is 0 Å². The van der Waals surface area contributed by atoms with Gasteiger partial charge < -0.3 is 5.73 Å². The van der Waals surface area contributed by atoms with E-state index in [0.29, 0.717) is 11.7 Å². The van der Waals surface area contributed by atoms with Gasteiger partial charge in [-0.25, -0.2) is 9.98 Å². The number of amidine groups is 2. The summed E-state index contributed by atoms with van der Waals surface area (Å²) in [5, 5.41) is 0. The summed E-state index contributed by atoms with van der Waals surface area (Å²) in [4.78, 5) is 8.86. The largest absolute Gasteiger partial charge is 0.383 e. The molecular weight excluding hydrogens is 222 g/mol. The van der Waals surface area contributed by atoms with Crippen LogP contribution in [0.3, 0.4) is 0 Å². The second kappa shape index (κ2) is 4.11. The molecule has 0 radical (unpaired) electrons. The molecule has 2 aromatic carbocycles. The second-order valence-electron chi connectivity index (χ2n) is 4.31. The Morgan fingerprint density at radius 1 is 0.944 bits per heavy atom. The fraction of sp³-hybridized carbons (Fsp3) is 0.0667. The minimum Gasteiger partial charge on any atom is -0.383 e. The summed E-state index contributed by atoms with van der Waals surface area (Å²) in [6, 6.07) is 15.9. The Kier molecular flexibility index (Phi) is 2.45. The molecular formula is C15H13N3. The SMILES string of the molecule is Cc1ccc(N=C2N=C(N)c3ccccc32)cc1. The number of hydrogen-bond acceptors (Lipinski definition) is 2. The van der Waals surface area contributed by atoms with Crippen molar-refractivity contribution in [2.24, 2.45) is 15.7 Å². The summed E-state index contributed by atoms with van der Waals surface area (Å²) in [5.41, 5.74) is 9.95. The Hall–Kier alpha value is -2.42. The van der Waals surface area contributed by atoms with Gasteiger partial charge in [-0.3, -0.25) is 0 Å². The van der Waals surface area contributed by atoms with Gasteiger partial charge in [0.1, 0.15) is 5.84 Å². The van der Waals surface area contributed by atoms with Gasteiger partial charge in [0.05, 0.1) is 5.69 Å². The molecule has 0 fully saturated rings. The van der Waals surface area contributed by atoms with Crippen LogP contribution in [0.1, 0.15) is 16.7 Å². The molecule has 0 bridgehead atoms. The molecule has 3 heteroatoms. The number of rotatable bonds is 1. The van der Waals surface area contributed by atoms with Crippen LogP contribution in [0.2, 0.25) is 0 Å². The molecule has 0 saturated heterocycles. The lowest BCUT2D eigenvalue weighted by Crippen LogP contribution is -2.09. The van der Waals surface area contributed by atoms with Gasteiger partial charge in [-0.1, -0.05) is 42.0 Å². The van der Waals surface area contributed by atoms with E-state index < -0.39 is 0 Å². The molecule has 3 nitrogen and oxygen atoms in total. The summed E-state index contributed by atoms with van der Waals surface area (Å²) in [5.74, 6) is 1.23. The summed E-state index contributed by atoms with van der Waals surface area (Å²) in [7, 11) is 0. The topological polar surface area (TPSA) is 50.7 Å². The van der Waals surface area contributed by atoms with Gasteiger partial charge in [0, 0.05) is 11.1 Å². The number of hydrogen-bond donors (Lipinski definition) is 1. The average molecular weight is 235 g/mol. The number of fused-ring (bicyclic) bond motifs is 1. The second-order valence-corrected chi connectivity index (χ2v) is 4.31. The third kappa shape index (κ3) is 1.80. The Balaban J connectivity index is 2.07. The number of aliphatic imine (C=N–C) groups is 2. The molecule has 0 aromatic heterocycles. The first-order valence-corrected chi connectivity index (χ1v) is 5.83. The first kappa shape index (κ1) is 10.7. The van der Waals surface area contributed by atoms with Crippen molar-refractivity contribution in [1.29, 1.82) is 0 Å². The maximum Gasteiger partial charge on any atom is 0.162 e. The molecule has 1 aliphatic heterocycles. The smallest absolute Gasteiger partial charge is 0.162 e. The molecule has 0 spiro atoms. The highest BCUT2D eigenvalue weighted by atomic mass is 15.0. The average Bonchev–Trinajstić information content (AvgIpc) is 2.70. The quantitative estimate of drug-likeness (QED) is 0.811. The molecule has 3 rings (SSSR count). The number of nitrogens with zero attached hydrogens (tertiary/aromatic N) is 2. The van der Waals surface area contributed by atoms with Crippen LogP contribution in [-0.2, 0) is 0 Å². The minimum atomic E-state index is 0.538. The predicted molar refractivity (Wildman–Crippen MR) is 74.5 cm³/mol. The minimum absolute atomic E-state index is 0.538. The molecule has 2 N–H and O–H groups in total. The van der Waals surface area contributed by atoms with E-state index in [9.17, 15) is 0 Å². The molecule has 18 heavy (non-hydrogen) atoms. The monoisotopic (exact) mass is 235 g/mol.